The summed E-state index contributed by atoms with van der Waals surface area (Å²) in [4.78, 5) is 19.2. The highest BCUT2D eigenvalue weighted by atomic mass is 32.1. The van der Waals surface area contributed by atoms with Crippen LogP contribution in [0.5, 0.6) is 0 Å². The molecule has 106 valence electrons. The number of aromatic nitrogens is 1. The molecule has 2 aromatic heterocycles. The summed E-state index contributed by atoms with van der Waals surface area (Å²) in [5.41, 5.74) is 1.92. The SMILES string of the molecule is Cc1csc(C2CCCCN2C(=O)c2occc2C)n1. The average molecular weight is 290 g/mol. The van der Waals surface area contributed by atoms with Gasteiger partial charge in [-0.25, -0.2) is 4.98 Å². The van der Waals surface area contributed by atoms with Crippen molar-refractivity contribution in [2.24, 2.45) is 0 Å². The molecule has 0 spiro atoms. The van der Waals surface area contributed by atoms with Crippen LogP contribution < -0.4 is 0 Å². The Bertz CT molecular complexity index is 617. The van der Waals surface area contributed by atoms with Crippen molar-refractivity contribution in [3.63, 3.8) is 0 Å². The summed E-state index contributed by atoms with van der Waals surface area (Å²) < 4.78 is 5.36. The van der Waals surface area contributed by atoms with Gasteiger partial charge in [0.15, 0.2) is 5.76 Å². The summed E-state index contributed by atoms with van der Waals surface area (Å²) in [6, 6.07) is 1.93. The van der Waals surface area contributed by atoms with Crippen molar-refractivity contribution < 1.29 is 9.21 Å². The number of hydrogen-bond donors (Lipinski definition) is 0. The van der Waals surface area contributed by atoms with Crippen LogP contribution in [0.4, 0.5) is 0 Å². The molecular weight excluding hydrogens is 272 g/mol. The molecule has 1 aliphatic rings. The number of aryl methyl sites for hydroxylation is 2. The number of furan rings is 1. The molecule has 3 heterocycles. The smallest absolute Gasteiger partial charge is 0.290 e. The van der Waals surface area contributed by atoms with Crippen LogP contribution in [0.2, 0.25) is 0 Å². The molecule has 1 aliphatic heterocycles. The lowest BCUT2D eigenvalue weighted by molar-refractivity contribution is 0.0577. The second kappa shape index (κ2) is 5.40. The fourth-order valence-electron chi connectivity index (χ4n) is 2.68. The Labute approximate surface area is 122 Å². The Morgan fingerprint density at radius 1 is 1.45 bits per heavy atom. The van der Waals surface area contributed by atoms with E-state index in [4.69, 9.17) is 4.42 Å². The molecule has 4 nitrogen and oxygen atoms in total. The predicted molar refractivity (Wildman–Crippen MR) is 77.9 cm³/mol. The van der Waals surface area contributed by atoms with Gasteiger partial charge in [-0.3, -0.25) is 4.79 Å². The average Bonchev–Trinajstić information content (AvgIpc) is 3.07. The lowest BCUT2D eigenvalue weighted by Gasteiger charge is -2.34. The lowest BCUT2D eigenvalue weighted by Crippen LogP contribution is -2.38. The van der Waals surface area contributed by atoms with E-state index >= 15 is 0 Å². The van der Waals surface area contributed by atoms with Crippen molar-refractivity contribution in [2.45, 2.75) is 39.2 Å². The van der Waals surface area contributed by atoms with Crippen LogP contribution in [-0.2, 0) is 0 Å². The molecule has 5 heteroatoms. The zero-order chi connectivity index (χ0) is 14.1. The number of hydrogen-bond acceptors (Lipinski definition) is 4. The summed E-state index contributed by atoms with van der Waals surface area (Å²) >= 11 is 1.64. The van der Waals surface area contributed by atoms with Crippen molar-refractivity contribution >= 4 is 17.2 Å². The molecule has 0 aliphatic carbocycles. The van der Waals surface area contributed by atoms with Crippen molar-refractivity contribution in [3.05, 3.63) is 39.7 Å². The van der Waals surface area contributed by atoms with Crippen LogP contribution in [0.3, 0.4) is 0 Å². The number of nitrogens with zero attached hydrogens (tertiary/aromatic N) is 2. The minimum Gasteiger partial charge on any atom is -0.459 e. The van der Waals surface area contributed by atoms with Gasteiger partial charge in [0, 0.05) is 23.2 Å². The Morgan fingerprint density at radius 3 is 2.95 bits per heavy atom. The Morgan fingerprint density at radius 2 is 2.30 bits per heavy atom. The summed E-state index contributed by atoms with van der Waals surface area (Å²) in [5.74, 6) is 0.454. The van der Waals surface area contributed by atoms with Crippen LogP contribution in [0.25, 0.3) is 0 Å². The molecule has 1 unspecified atom stereocenters. The van der Waals surface area contributed by atoms with Gasteiger partial charge in [-0.1, -0.05) is 0 Å². The van der Waals surface area contributed by atoms with E-state index in [2.05, 4.69) is 4.98 Å². The quantitative estimate of drug-likeness (QED) is 0.846. The largest absolute Gasteiger partial charge is 0.459 e. The maximum atomic E-state index is 12.7. The first-order valence-electron chi connectivity index (χ1n) is 6.94. The normalized spacial score (nSPS) is 19.3. The maximum absolute atomic E-state index is 12.7. The fourth-order valence-corrected chi connectivity index (χ4v) is 3.62. The third-order valence-corrected chi connectivity index (χ3v) is 4.81. The minimum absolute atomic E-state index is 0.00921. The third kappa shape index (κ3) is 2.38. The summed E-state index contributed by atoms with van der Waals surface area (Å²) in [6.07, 6.45) is 4.75. The Balaban J connectivity index is 1.89. The molecule has 0 bridgehead atoms. The van der Waals surface area contributed by atoms with E-state index in [1.54, 1.807) is 17.6 Å². The molecule has 0 aromatic carbocycles. The first-order valence-corrected chi connectivity index (χ1v) is 7.82. The van der Waals surface area contributed by atoms with Crippen molar-refractivity contribution in [2.75, 3.05) is 6.54 Å². The monoisotopic (exact) mass is 290 g/mol. The maximum Gasteiger partial charge on any atom is 0.290 e. The summed E-state index contributed by atoms with van der Waals surface area (Å²) in [5, 5.41) is 3.09. The van der Waals surface area contributed by atoms with Gasteiger partial charge in [0.25, 0.3) is 5.91 Å². The second-order valence-electron chi connectivity index (χ2n) is 5.27. The number of amides is 1. The van der Waals surface area contributed by atoms with Crippen LogP contribution in [0, 0.1) is 13.8 Å². The van der Waals surface area contributed by atoms with E-state index < -0.39 is 0 Å². The van der Waals surface area contributed by atoms with Gasteiger partial charge in [0.2, 0.25) is 0 Å². The van der Waals surface area contributed by atoms with E-state index in [-0.39, 0.29) is 11.9 Å². The zero-order valence-corrected chi connectivity index (χ0v) is 12.6. The number of carbonyl (C=O) groups excluding carboxylic acids is 1. The van der Waals surface area contributed by atoms with Gasteiger partial charge in [0.05, 0.1) is 12.3 Å². The van der Waals surface area contributed by atoms with E-state index in [9.17, 15) is 4.79 Å². The molecule has 0 N–H and O–H groups in total. The van der Waals surface area contributed by atoms with Gasteiger partial charge < -0.3 is 9.32 Å². The summed E-state index contributed by atoms with van der Waals surface area (Å²) in [7, 11) is 0. The molecule has 2 aromatic rings. The zero-order valence-electron chi connectivity index (χ0n) is 11.8. The molecule has 0 saturated carbocycles. The number of likely N-dealkylation sites (tertiary alicyclic amines) is 1. The highest BCUT2D eigenvalue weighted by Gasteiger charge is 2.32. The van der Waals surface area contributed by atoms with Crippen LogP contribution in [-0.4, -0.2) is 22.3 Å². The Hall–Kier alpha value is -1.62. The Kier molecular flexibility index (Phi) is 3.61. The minimum atomic E-state index is -0.00921. The summed E-state index contributed by atoms with van der Waals surface area (Å²) in [6.45, 7) is 4.68. The standard InChI is InChI=1S/C15H18N2O2S/c1-10-6-8-19-13(10)15(18)17-7-4-3-5-12(17)14-16-11(2)9-20-14/h6,8-9,12H,3-5,7H2,1-2H3. The van der Waals surface area contributed by atoms with E-state index in [1.165, 1.54) is 0 Å². The number of piperidine rings is 1. The molecule has 1 atom stereocenters. The van der Waals surface area contributed by atoms with Crippen LogP contribution in [0.1, 0.15) is 52.1 Å². The topological polar surface area (TPSA) is 46.3 Å². The molecule has 1 saturated heterocycles. The molecule has 0 radical (unpaired) electrons. The van der Waals surface area contributed by atoms with Crippen LogP contribution >= 0.6 is 11.3 Å². The van der Waals surface area contributed by atoms with Gasteiger partial charge in [0.1, 0.15) is 5.01 Å². The first-order chi connectivity index (χ1) is 9.66. The van der Waals surface area contributed by atoms with Gasteiger partial charge >= 0.3 is 0 Å². The molecular formula is C15H18N2O2S. The predicted octanol–water partition coefficient (Wildman–Crippen LogP) is 3.72. The second-order valence-corrected chi connectivity index (χ2v) is 6.16. The van der Waals surface area contributed by atoms with Crippen molar-refractivity contribution in [1.29, 1.82) is 0 Å². The van der Waals surface area contributed by atoms with Gasteiger partial charge in [-0.05, 0) is 39.2 Å². The lowest BCUT2D eigenvalue weighted by atomic mass is 10.0. The van der Waals surface area contributed by atoms with Gasteiger partial charge in [-0.15, -0.1) is 11.3 Å². The molecule has 20 heavy (non-hydrogen) atoms. The molecule has 1 fully saturated rings. The van der Waals surface area contributed by atoms with E-state index in [0.717, 1.165) is 42.1 Å². The highest BCUT2D eigenvalue weighted by Crippen LogP contribution is 2.34. The highest BCUT2D eigenvalue weighted by molar-refractivity contribution is 7.09. The number of thiazole rings is 1. The molecule has 3 rings (SSSR count). The number of rotatable bonds is 2. The third-order valence-electron chi connectivity index (χ3n) is 3.74. The van der Waals surface area contributed by atoms with Crippen molar-refractivity contribution in [1.82, 2.24) is 9.88 Å². The van der Waals surface area contributed by atoms with Crippen LogP contribution in [0.15, 0.2) is 22.1 Å². The number of carbonyl (C=O) groups is 1. The fraction of sp³-hybridized carbons (Fsp3) is 0.467. The first kappa shape index (κ1) is 13.4. The van der Waals surface area contributed by atoms with Gasteiger partial charge in [-0.2, -0.15) is 0 Å². The van der Waals surface area contributed by atoms with E-state index in [1.807, 2.05) is 30.2 Å². The van der Waals surface area contributed by atoms with E-state index in [0.29, 0.717) is 5.76 Å². The van der Waals surface area contributed by atoms with Crippen molar-refractivity contribution in [3.8, 4) is 0 Å². The molecule has 1 amide bonds.